The van der Waals surface area contributed by atoms with Gasteiger partial charge in [0.1, 0.15) is 4.90 Å². The molecule has 0 atom stereocenters. The summed E-state index contributed by atoms with van der Waals surface area (Å²) in [5.41, 5.74) is 0. The van der Waals surface area contributed by atoms with Crippen molar-refractivity contribution >= 4 is 15.9 Å². The number of amides is 1. The Morgan fingerprint density at radius 3 is 2.29 bits per heavy atom. The van der Waals surface area contributed by atoms with Crippen molar-refractivity contribution in [2.24, 2.45) is 11.8 Å². The lowest BCUT2D eigenvalue weighted by molar-refractivity contribution is -0.182. The summed E-state index contributed by atoms with van der Waals surface area (Å²) in [4.78, 5) is 16.4. The van der Waals surface area contributed by atoms with Crippen LogP contribution in [0.5, 0.6) is 0 Å². The van der Waals surface area contributed by atoms with Crippen molar-refractivity contribution < 1.29 is 26.4 Å². The maximum atomic E-state index is 12.7. The van der Waals surface area contributed by atoms with Crippen LogP contribution in [0, 0.1) is 11.8 Å². The summed E-state index contributed by atoms with van der Waals surface area (Å²) in [6.07, 6.45) is 0.137. The van der Waals surface area contributed by atoms with Gasteiger partial charge in [-0.3, -0.25) is 9.78 Å². The van der Waals surface area contributed by atoms with Crippen molar-refractivity contribution in [2.45, 2.75) is 55.6 Å². The van der Waals surface area contributed by atoms with Gasteiger partial charge in [0.15, 0.2) is 0 Å². The number of alkyl halides is 3. The molecule has 0 unspecified atom stereocenters. The van der Waals surface area contributed by atoms with E-state index in [1.165, 1.54) is 22.8 Å². The Labute approximate surface area is 162 Å². The molecule has 1 saturated carbocycles. The van der Waals surface area contributed by atoms with Crippen LogP contribution in [0.3, 0.4) is 0 Å². The lowest BCUT2D eigenvalue weighted by atomic mass is 9.85. The van der Waals surface area contributed by atoms with E-state index in [2.05, 4.69) is 10.3 Å². The summed E-state index contributed by atoms with van der Waals surface area (Å²) >= 11 is 0. The van der Waals surface area contributed by atoms with Crippen LogP contribution < -0.4 is 5.32 Å². The number of carbonyl (C=O) groups excluding carboxylic acids is 1. The molecule has 0 spiro atoms. The molecular formula is C18H24F3N3O3S. The van der Waals surface area contributed by atoms with E-state index in [1.807, 2.05) is 0 Å². The van der Waals surface area contributed by atoms with Gasteiger partial charge < -0.3 is 5.32 Å². The number of sulfonamides is 1. The van der Waals surface area contributed by atoms with E-state index in [9.17, 15) is 26.4 Å². The molecule has 3 rings (SSSR count). The lowest BCUT2D eigenvalue weighted by Crippen LogP contribution is -2.46. The van der Waals surface area contributed by atoms with Crippen LogP contribution in [0.2, 0.25) is 0 Å². The van der Waals surface area contributed by atoms with Gasteiger partial charge in [-0.2, -0.15) is 17.5 Å². The van der Waals surface area contributed by atoms with Crippen molar-refractivity contribution in [3.63, 3.8) is 0 Å². The standard InChI is InChI=1S/C18H24F3N3O3S/c19-18(20,21)14-3-5-15(6-4-14)23-17(25)13-7-10-24(11-8-13)28(26,27)16-2-1-9-22-12-16/h1-2,9,12-15H,3-8,10-11H2,(H,23,25). The highest BCUT2D eigenvalue weighted by Crippen LogP contribution is 2.37. The first-order valence-corrected chi connectivity index (χ1v) is 10.9. The van der Waals surface area contributed by atoms with E-state index in [-0.39, 0.29) is 48.7 Å². The van der Waals surface area contributed by atoms with Gasteiger partial charge in [-0.05, 0) is 50.7 Å². The second-order valence-corrected chi connectivity index (χ2v) is 9.40. The molecule has 1 aliphatic carbocycles. The minimum atomic E-state index is -4.17. The Kier molecular flexibility index (Phi) is 6.28. The van der Waals surface area contributed by atoms with Crippen molar-refractivity contribution in [1.29, 1.82) is 0 Å². The fraction of sp³-hybridized carbons (Fsp3) is 0.667. The Morgan fingerprint density at radius 2 is 1.75 bits per heavy atom. The molecular weight excluding hydrogens is 395 g/mol. The van der Waals surface area contributed by atoms with Crippen molar-refractivity contribution in [3.8, 4) is 0 Å². The van der Waals surface area contributed by atoms with Gasteiger partial charge in [0.05, 0.1) is 5.92 Å². The molecule has 1 N–H and O–H groups in total. The third-order valence-electron chi connectivity index (χ3n) is 5.63. The quantitative estimate of drug-likeness (QED) is 0.814. The first-order chi connectivity index (χ1) is 13.2. The molecule has 1 aromatic rings. The highest BCUT2D eigenvalue weighted by molar-refractivity contribution is 7.89. The predicted molar refractivity (Wildman–Crippen MR) is 95.7 cm³/mol. The minimum Gasteiger partial charge on any atom is -0.353 e. The van der Waals surface area contributed by atoms with Crippen molar-refractivity contribution in [2.75, 3.05) is 13.1 Å². The maximum Gasteiger partial charge on any atom is 0.391 e. The summed E-state index contributed by atoms with van der Waals surface area (Å²) < 4.78 is 64.7. The summed E-state index contributed by atoms with van der Waals surface area (Å²) in [7, 11) is -3.63. The SMILES string of the molecule is O=C(NC1CCC(C(F)(F)F)CC1)C1CCN(S(=O)(=O)c2cccnc2)CC1. The van der Waals surface area contributed by atoms with Gasteiger partial charge in [-0.25, -0.2) is 8.42 Å². The topological polar surface area (TPSA) is 79.4 Å². The molecule has 2 fully saturated rings. The van der Waals surface area contributed by atoms with Gasteiger partial charge in [0.2, 0.25) is 15.9 Å². The van der Waals surface area contributed by atoms with Gasteiger partial charge in [0.25, 0.3) is 0 Å². The van der Waals surface area contributed by atoms with E-state index in [1.54, 1.807) is 6.07 Å². The number of hydrogen-bond donors (Lipinski definition) is 1. The summed E-state index contributed by atoms with van der Waals surface area (Å²) in [6, 6.07) is 2.81. The molecule has 28 heavy (non-hydrogen) atoms. The minimum absolute atomic E-state index is 0.0379. The summed E-state index contributed by atoms with van der Waals surface area (Å²) in [6.45, 7) is 0.465. The Morgan fingerprint density at radius 1 is 1.11 bits per heavy atom. The number of carbonyl (C=O) groups is 1. The number of nitrogens with one attached hydrogen (secondary N) is 1. The van der Waals surface area contributed by atoms with Gasteiger partial charge >= 0.3 is 6.18 Å². The zero-order chi connectivity index (χ0) is 20.4. The van der Waals surface area contributed by atoms with Gasteiger partial charge in [-0.1, -0.05) is 0 Å². The molecule has 10 heteroatoms. The highest BCUT2D eigenvalue weighted by atomic mass is 32.2. The monoisotopic (exact) mass is 419 g/mol. The largest absolute Gasteiger partial charge is 0.391 e. The fourth-order valence-electron chi connectivity index (χ4n) is 3.89. The van der Waals surface area contributed by atoms with Crippen LogP contribution in [0.1, 0.15) is 38.5 Å². The van der Waals surface area contributed by atoms with Crippen LogP contribution in [-0.2, 0) is 14.8 Å². The number of rotatable bonds is 4. The molecule has 1 amide bonds. The predicted octanol–water partition coefficient (Wildman–Crippen LogP) is 2.72. The first kappa shape index (κ1) is 21.0. The third-order valence-corrected chi connectivity index (χ3v) is 7.52. The van der Waals surface area contributed by atoms with E-state index < -0.39 is 22.1 Å². The first-order valence-electron chi connectivity index (χ1n) is 9.45. The van der Waals surface area contributed by atoms with Crippen LogP contribution >= 0.6 is 0 Å². The summed E-state index contributed by atoms with van der Waals surface area (Å²) in [5.74, 6) is -1.78. The Balaban J connectivity index is 1.48. The molecule has 1 aliphatic heterocycles. The number of aromatic nitrogens is 1. The number of pyridine rings is 1. The average molecular weight is 419 g/mol. The maximum absolute atomic E-state index is 12.7. The summed E-state index contributed by atoms with van der Waals surface area (Å²) in [5, 5.41) is 2.86. The number of nitrogens with zero attached hydrogens (tertiary/aromatic N) is 2. The molecule has 156 valence electrons. The molecule has 0 bridgehead atoms. The molecule has 0 aromatic carbocycles. The molecule has 1 saturated heterocycles. The number of halogens is 3. The fourth-order valence-corrected chi connectivity index (χ4v) is 5.33. The molecule has 0 radical (unpaired) electrons. The molecule has 6 nitrogen and oxygen atoms in total. The third kappa shape index (κ3) is 4.83. The smallest absolute Gasteiger partial charge is 0.353 e. The van der Waals surface area contributed by atoms with Crippen molar-refractivity contribution in [3.05, 3.63) is 24.5 Å². The molecule has 2 heterocycles. The molecule has 1 aromatic heterocycles. The highest BCUT2D eigenvalue weighted by Gasteiger charge is 2.42. The van der Waals surface area contributed by atoms with E-state index in [0.29, 0.717) is 25.7 Å². The van der Waals surface area contributed by atoms with Crippen LogP contribution in [0.15, 0.2) is 29.4 Å². The Bertz CT molecular complexity index is 770. The van der Waals surface area contributed by atoms with Crippen LogP contribution in [0.25, 0.3) is 0 Å². The van der Waals surface area contributed by atoms with E-state index >= 15 is 0 Å². The number of hydrogen-bond acceptors (Lipinski definition) is 4. The Hall–Kier alpha value is -1.68. The van der Waals surface area contributed by atoms with Gasteiger partial charge in [-0.15, -0.1) is 0 Å². The lowest BCUT2D eigenvalue weighted by Gasteiger charge is -2.33. The molecule has 2 aliphatic rings. The van der Waals surface area contributed by atoms with Crippen LogP contribution in [0.4, 0.5) is 13.2 Å². The van der Waals surface area contributed by atoms with Gasteiger partial charge in [0, 0.05) is 37.4 Å². The second-order valence-electron chi connectivity index (χ2n) is 7.47. The normalized spacial score (nSPS) is 25.4. The second kappa shape index (κ2) is 8.36. The van der Waals surface area contributed by atoms with Crippen molar-refractivity contribution in [1.82, 2.24) is 14.6 Å². The zero-order valence-corrected chi connectivity index (χ0v) is 16.2. The van der Waals surface area contributed by atoms with E-state index in [4.69, 9.17) is 0 Å². The van der Waals surface area contributed by atoms with E-state index in [0.717, 1.165) is 0 Å². The number of piperidine rings is 1. The van der Waals surface area contributed by atoms with Crippen LogP contribution in [-0.4, -0.2) is 48.9 Å². The zero-order valence-electron chi connectivity index (χ0n) is 15.4. The average Bonchev–Trinajstić information content (AvgIpc) is 2.68.